The molecule has 1 heterocycles. The van der Waals surface area contributed by atoms with Gasteiger partial charge < -0.3 is 20.2 Å². The maximum absolute atomic E-state index is 5.94. The summed E-state index contributed by atoms with van der Waals surface area (Å²) in [7, 11) is 0. The van der Waals surface area contributed by atoms with Crippen molar-refractivity contribution in [3.8, 4) is 5.75 Å². The molecule has 3 N–H and O–H groups in total. The SMILES string of the molecule is CCCOc1cc(N)cc(NC(C)c2cc(C)oc2C)c1. The second-order valence-corrected chi connectivity index (χ2v) is 5.37. The molecule has 2 aromatic rings. The number of nitrogens with two attached hydrogens (primary N) is 1. The molecule has 0 fully saturated rings. The lowest BCUT2D eigenvalue weighted by Gasteiger charge is -2.16. The van der Waals surface area contributed by atoms with Crippen LogP contribution in [0.3, 0.4) is 0 Å². The van der Waals surface area contributed by atoms with Gasteiger partial charge in [0.1, 0.15) is 17.3 Å². The Kier molecular flexibility index (Phi) is 4.78. The van der Waals surface area contributed by atoms with Gasteiger partial charge in [-0.3, -0.25) is 0 Å². The van der Waals surface area contributed by atoms with E-state index in [0.29, 0.717) is 12.3 Å². The van der Waals surface area contributed by atoms with Crippen LogP contribution in [0.4, 0.5) is 11.4 Å². The highest BCUT2D eigenvalue weighted by molar-refractivity contribution is 5.60. The van der Waals surface area contributed by atoms with Gasteiger partial charge in [-0.1, -0.05) is 6.92 Å². The first-order chi connectivity index (χ1) is 9.99. The van der Waals surface area contributed by atoms with Crippen LogP contribution in [0.5, 0.6) is 5.75 Å². The van der Waals surface area contributed by atoms with Crippen LogP contribution in [-0.4, -0.2) is 6.61 Å². The molecule has 0 spiro atoms. The average molecular weight is 288 g/mol. The minimum Gasteiger partial charge on any atom is -0.493 e. The van der Waals surface area contributed by atoms with Crippen molar-refractivity contribution >= 4 is 11.4 Å². The van der Waals surface area contributed by atoms with Crippen LogP contribution >= 0.6 is 0 Å². The van der Waals surface area contributed by atoms with Crippen LogP contribution in [0.1, 0.15) is 43.4 Å². The zero-order chi connectivity index (χ0) is 15.4. The molecule has 1 atom stereocenters. The molecule has 1 aromatic carbocycles. The third-order valence-corrected chi connectivity index (χ3v) is 3.33. The molecule has 0 amide bonds. The van der Waals surface area contributed by atoms with E-state index in [2.05, 4.69) is 25.2 Å². The molecule has 0 aliphatic heterocycles. The number of nitrogen functional groups attached to an aromatic ring is 1. The van der Waals surface area contributed by atoms with Crippen molar-refractivity contribution in [1.82, 2.24) is 0 Å². The average Bonchev–Trinajstić information content (AvgIpc) is 2.75. The van der Waals surface area contributed by atoms with Gasteiger partial charge in [0.2, 0.25) is 0 Å². The Hall–Kier alpha value is -2.10. The number of aryl methyl sites for hydroxylation is 2. The summed E-state index contributed by atoms with van der Waals surface area (Å²) in [5.41, 5.74) is 8.74. The second-order valence-electron chi connectivity index (χ2n) is 5.37. The maximum atomic E-state index is 5.94. The number of rotatable bonds is 6. The van der Waals surface area contributed by atoms with Crippen LogP contribution in [-0.2, 0) is 0 Å². The van der Waals surface area contributed by atoms with E-state index in [4.69, 9.17) is 14.9 Å². The minimum absolute atomic E-state index is 0.142. The molecule has 0 bridgehead atoms. The second kappa shape index (κ2) is 6.57. The summed E-state index contributed by atoms with van der Waals surface area (Å²) in [5.74, 6) is 2.67. The van der Waals surface area contributed by atoms with E-state index >= 15 is 0 Å². The van der Waals surface area contributed by atoms with E-state index in [1.54, 1.807) is 0 Å². The first-order valence-electron chi connectivity index (χ1n) is 7.36. The van der Waals surface area contributed by atoms with Gasteiger partial charge in [0, 0.05) is 29.1 Å². The summed E-state index contributed by atoms with van der Waals surface area (Å²) < 4.78 is 11.2. The smallest absolute Gasteiger partial charge is 0.123 e. The molecule has 0 aliphatic carbocycles. The topological polar surface area (TPSA) is 60.4 Å². The van der Waals surface area contributed by atoms with Gasteiger partial charge in [-0.05, 0) is 39.3 Å². The molecule has 0 saturated carbocycles. The summed E-state index contributed by atoms with van der Waals surface area (Å²) in [6.07, 6.45) is 0.974. The molecule has 0 saturated heterocycles. The van der Waals surface area contributed by atoms with Gasteiger partial charge in [0.15, 0.2) is 0 Å². The number of nitrogens with one attached hydrogen (secondary N) is 1. The van der Waals surface area contributed by atoms with Crippen LogP contribution in [0.2, 0.25) is 0 Å². The molecular formula is C17H24N2O2. The van der Waals surface area contributed by atoms with Crippen molar-refractivity contribution < 1.29 is 9.15 Å². The fourth-order valence-electron chi connectivity index (χ4n) is 2.42. The highest BCUT2D eigenvalue weighted by Crippen LogP contribution is 2.28. The molecule has 1 aromatic heterocycles. The van der Waals surface area contributed by atoms with E-state index in [1.807, 2.05) is 32.0 Å². The third kappa shape index (κ3) is 3.94. The Morgan fingerprint density at radius 1 is 1.24 bits per heavy atom. The maximum Gasteiger partial charge on any atom is 0.123 e. The fraction of sp³-hybridized carbons (Fsp3) is 0.412. The Bertz CT molecular complexity index is 605. The van der Waals surface area contributed by atoms with Gasteiger partial charge in [-0.15, -0.1) is 0 Å². The number of benzene rings is 1. The standard InChI is InChI=1S/C17H24N2O2/c1-5-6-20-16-9-14(18)8-15(10-16)19-12(3)17-7-11(2)21-13(17)4/h7-10,12,19H,5-6,18H2,1-4H3. The Balaban J connectivity index is 2.14. The summed E-state index contributed by atoms with van der Waals surface area (Å²) in [6.45, 7) is 8.82. The van der Waals surface area contributed by atoms with E-state index < -0.39 is 0 Å². The van der Waals surface area contributed by atoms with Crippen molar-refractivity contribution in [2.45, 2.75) is 40.2 Å². The van der Waals surface area contributed by atoms with Crippen LogP contribution in [0.15, 0.2) is 28.7 Å². The largest absolute Gasteiger partial charge is 0.493 e. The predicted octanol–water partition coefficient (Wildman–Crippen LogP) is 4.44. The van der Waals surface area contributed by atoms with Crippen molar-refractivity contribution in [2.75, 3.05) is 17.7 Å². The summed E-state index contributed by atoms with van der Waals surface area (Å²) >= 11 is 0. The first-order valence-corrected chi connectivity index (χ1v) is 7.36. The zero-order valence-electron chi connectivity index (χ0n) is 13.2. The lowest BCUT2D eigenvalue weighted by Crippen LogP contribution is -2.07. The van der Waals surface area contributed by atoms with Crippen molar-refractivity contribution in [1.29, 1.82) is 0 Å². The Labute approximate surface area is 126 Å². The normalized spacial score (nSPS) is 12.2. The van der Waals surface area contributed by atoms with Gasteiger partial charge in [-0.25, -0.2) is 0 Å². The molecular weight excluding hydrogens is 264 g/mol. The van der Waals surface area contributed by atoms with E-state index in [0.717, 1.165) is 34.9 Å². The molecule has 0 aliphatic rings. The molecule has 114 valence electrons. The summed E-state index contributed by atoms with van der Waals surface area (Å²) in [6, 6.07) is 7.94. The molecule has 4 heteroatoms. The lowest BCUT2D eigenvalue weighted by molar-refractivity contribution is 0.318. The molecule has 2 rings (SSSR count). The fourth-order valence-corrected chi connectivity index (χ4v) is 2.42. The molecule has 21 heavy (non-hydrogen) atoms. The van der Waals surface area contributed by atoms with Crippen molar-refractivity contribution in [3.05, 3.63) is 41.3 Å². The molecule has 0 radical (unpaired) electrons. The molecule has 1 unspecified atom stereocenters. The first kappa shape index (κ1) is 15.3. The van der Waals surface area contributed by atoms with E-state index in [9.17, 15) is 0 Å². The van der Waals surface area contributed by atoms with Gasteiger partial charge in [-0.2, -0.15) is 0 Å². The Morgan fingerprint density at radius 3 is 2.62 bits per heavy atom. The van der Waals surface area contributed by atoms with Crippen molar-refractivity contribution in [3.63, 3.8) is 0 Å². The number of hydrogen-bond acceptors (Lipinski definition) is 4. The number of hydrogen-bond donors (Lipinski definition) is 2. The van der Waals surface area contributed by atoms with Crippen LogP contribution in [0, 0.1) is 13.8 Å². The molecule has 4 nitrogen and oxygen atoms in total. The van der Waals surface area contributed by atoms with Gasteiger partial charge >= 0.3 is 0 Å². The predicted molar refractivity (Wildman–Crippen MR) is 86.9 cm³/mol. The summed E-state index contributed by atoms with van der Waals surface area (Å²) in [4.78, 5) is 0. The van der Waals surface area contributed by atoms with Crippen LogP contribution < -0.4 is 15.8 Å². The van der Waals surface area contributed by atoms with E-state index in [1.165, 1.54) is 0 Å². The van der Waals surface area contributed by atoms with Gasteiger partial charge in [0.05, 0.1) is 12.6 Å². The monoisotopic (exact) mass is 288 g/mol. The van der Waals surface area contributed by atoms with Gasteiger partial charge in [0.25, 0.3) is 0 Å². The Morgan fingerprint density at radius 2 is 2.00 bits per heavy atom. The van der Waals surface area contributed by atoms with E-state index in [-0.39, 0.29) is 6.04 Å². The summed E-state index contributed by atoms with van der Waals surface area (Å²) in [5, 5.41) is 3.45. The number of ether oxygens (including phenoxy) is 1. The lowest BCUT2D eigenvalue weighted by atomic mass is 10.1. The number of furan rings is 1. The zero-order valence-corrected chi connectivity index (χ0v) is 13.2. The minimum atomic E-state index is 0.142. The highest BCUT2D eigenvalue weighted by Gasteiger charge is 2.13. The van der Waals surface area contributed by atoms with Crippen molar-refractivity contribution in [2.24, 2.45) is 0 Å². The third-order valence-electron chi connectivity index (χ3n) is 3.33. The quantitative estimate of drug-likeness (QED) is 0.771. The van der Waals surface area contributed by atoms with Crippen LogP contribution in [0.25, 0.3) is 0 Å². The highest BCUT2D eigenvalue weighted by atomic mass is 16.5. The number of anilines is 2.